The van der Waals surface area contributed by atoms with E-state index >= 15 is 0 Å². The highest BCUT2D eigenvalue weighted by molar-refractivity contribution is 14.1. The van der Waals surface area contributed by atoms with Crippen LogP contribution < -0.4 is 0 Å². The van der Waals surface area contributed by atoms with Crippen LogP contribution in [0.2, 0.25) is 0 Å². The van der Waals surface area contributed by atoms with Crippen molar-refractivity contribution in [2.75, 3.05) is 0 Å². The summed E-state index contributed by atoms with van der Waals surface area (Å²) in [6.07, 6.45) is 0. The Labute approximate surface area is 75.8 Å². The molecule has 0 fully saturated rings. The highest BCUT2D eigenvalue weighted by Crippen LogP contribution is 2.16. The molecule has 0 aliphatic heterocycles. The first-order chi connectivity index (χ1) is 5.15. The summed E-state index contributed by atoms with van der Waals surface area (Å²) in [7, 11) is 0. The molecule has 0 bridgehead atoms. The van der Waals surface area contributed by atoms with Crippen molar-refractivity contribution in [3.8, 4) is 6.07 Å². The molecule has 0 amide bonds. The van der Waals surface area contributed by atoms with Gasteiger partial charge in [0.2, 0.25) is 0 Å². The average Bonchev–Trinajstić information content (AvgIpc) is 1.96. The zero-order valence-electron chi connectivity index (χ0n) is 5.24. The Morgan fingerprint density at radius 2 is 2.00 bits per heavy atom. The van der Waals surface area contributed by atoms with Crippen molar-refractivity contribution in [1.82, 2.24) is 0 Å². The summed E-state index contributed by atoms with van der Waals surface area (Å²) in [5, 5.41) is 8.38. The van der Waals surface area contributed by atoms with Crippen molar-refractivity contribution in [1.29, 1.82) is 5.26 Å². The van der Waals surface area contributed by atoms with Crippen LogP contribution in [0.4, 0.5) is 8.78 Å². The molecular weight excluding hydrogens is 263 g/mol. The molecule has 1 aromatic rings. The molecule has 0 heterocycles. The fourth-order valence-electron chi connectivity index (χ4n) is 0.637. The molecule has 0 N–H and O–H groups in total. The van der Waals surface area contributed by atoms with Gasteiger partial charge in [-0.2, -0.15) is 5.26 Å². The van der Waals surface area contributed by atoms with Crippen LogP contribution in [0.1, 0.15) is 5.56 Å². The van der Waals surface area contributed by atoms with E-state index in [2.05, 4.69) is 0 Å². The van der Waals surface area contributed by atoms with Crippen LogP contribution in [0.3, 0.4) is 0 Å². The lowest BCUT2D eigenvalue weighted by Gasteiger charge is -1.95. The molecule has 0 atom stereocenters. The number of rotatable bonds is 0. The largest absolute Gasteiger partial charge is 0.207 e. The van der Waals surface area contributed by atoms with E-state index in [0.29, 0.717) is 0 Å². The first-order valence-electron chi connectivity index (χ1n) is 2.70. The summed E-state index contributed by atoms with van der Waals surface area (Å²) in [6, 6.07) is 3.45. The third-order valence-electron chi connectivity index (χ3n) is 1.11. The molecule has 0 saturated heterocycles. The highest BCUT2D eigenvalue weighted by Gasteiger charge is 2.06. The minimum absolute atomic E-state index is 0.0306. The lowest BCUT2D eigenvalue weighted by molar-refractivity contribution is 0.577. The van der Waals surface area contributed by atoms with Gasteiger partial charge in [0, 0.05) is 6.07 Å². The van der Waals surface area contributed by atoms with E-state index in [4.69, 9.17) is 5.26 Å². The second-order valence-electron chi connectivity index (χ2n) is 1.86. The van der Waals surface area contributed by atoms with Crippen LogP contribution >= 0.6 is 22.6 Å². The lowest BCUT2D eigenvalue weighted by Crippen LogP contribution is -1.89. The SMILES string of the molecule is N#Cc1cc(F)cc(F)c1I. The number of halogens is 3. The van der Waals surface area contributed by atoms with E-state index in [1.807, 2.05) is 0 Å². The van der Waals surface area contributed by atoms with Crippen molar-refractivity contribution < 1.29 is 8.78 Å². The maximum atomic E-state index is 12.6. The Hall–Kier alpha value is -0.700. The van der Waals surface area contributed by atoms with Gasteiger partial charge in [-0.15, -0.1) is 0 Å². The average molecular weight is 265 g/mol. The zero-order valence-corrected chi connectivity index (χ0v) is 7.39. The maximum Gasteiger partial charge on any atom is 0.140 e. The molecule has 1 aromatic carbocycles. The second kappa shape index (κ2) is 3.13. The predicted molar refractivity (Wildman–Crippen MR) is 43.8 cm³/mol. The fourth-order valence-corrected chi connectivity index (χ4v) is 1.07. The smallest absolute Gasteiger partial charge is 0.140 e. The van der Waals surface area contributed by atoms with Crippen molar-refractivity contribution >= 4 is 22.6 Å². The molecule has 0 radical (unpaired) electrons. The summed E-state index contributed by atoms with van der Waals surface area (Å²) in [4.78, 5) is 0. The van der Waals surface area contributed by atoms with E-state index in [1.54, 1.807) is 28.7 Å². The summed E-state index contributed by atoms with van der Waals surface area (Å²) < 4.78 is 25.2. The van der Waals surface area contributed by atoms with Gasteiger partial charge in [0.15, 0.2) is 0 Å². The summed E-state index contributed by atoms with van der Waals surface area (Å²) in [5.74, 6) is -1.42. The van der Waals surface area contributed by atoms with Crippen LogP contribution in [-0.2, 0) is 0 Å². The predicted octanol–water partition coefficient (Wildman–Crippen LogP) is 2.44. The molecule has 0 saturated carbocycles. The van der Waals surface area contributed by atoms with Crippen LogP contribution in [0.15, 0.2) is 12.1 Å². The number of benzene rings is 1. The highest BCUT2D eigenvalue weighted by atomic mass is 127. The van der Waals surface area contributed by atoms with E-state index in [1.165, 1.54) is 0 Å². The Morgan fingerprint density at radius 1 is 1.36 bits per heavy atom. The Kier molecular flexibility index (Phi) is 2.39. The maximum absolute atomic E-state index is 12.6. The number of hydrogen-bond donors (Lipinski definition) is 0. The zero-order chi connectivity index (χ0) is 8.43. The first-order valence-corrected chi connectivity index (χ1v) is 3.77. The van der Waals surface area contributed by atoms with Gasteiger partial charge in [-0.3, -0.25) is 0 Å². The van der Waals surface area contributed by atoms with E-state index in [-0.39, 0.29) is 9.13 Å². The minimum atomic E-state index is -0.723. The molecule has 0 aromatic heterocycles. The summed E-state index contributed by atoms with van der Waals surface area (Å²) in [6.45, 7) is 0. The van der Waals surface area contributed by atoms with Crippen molar-refractivity contribution in [3.05, 3.63) is 32.9 Å². The number of nitrogens with zero attached hydrogens (tertiary/aromatic N) is 1. The van der Waals surface area contributed by atoms with Gasteiger partial charge in [-0.05, 0) is 28.7 Å². The van der Waals surface area contributed by atoms with Crippen molar-refractivity contribution in [2.45, 2.75) is 0 Å². The topological polar surface area (TPSA) is 23.8 Å². The van der Waals surface area contributed by atoms with Gasteiger partial charge in [-0.1, -0.05) is 0 Å². The first kappa shape index (κ1) is 8.40. The number of nitriles is 1. The fraction of sp³-hybridized carbons (Fsp3) is 0. The minimum Gasteiger partial charge on any atom is -0.207 e. The van der Waals surface area contributed by atoms with Crippen molar-refractivity contribution in [2.24, 2.45) is 0 Å². The van der Waals surface area contributed by atoms with E-state index in [0.717, 1.165) is 12.1 Å². The van der Waals surface area contributed by atoms with Gasteiger partial charge in [0.25, 0.3) is 0 Å². The Bertz CT molecular complexity index is 330. The molecule has 1 rings (SSSR count). The normalized spacial score (nSPS) is 9.27. The van der Waals surface area contributed by atoms with Gasteiger partial charge in [-0.25, -0.2) is 8.78 Å². The Morgan fingerprint density at radius 3 is 2.55 bits per heavy atom. The van der Waals surface area contributed by atoms with Gasteiger partial charge in [0.1, 0.15) is 17.7 Å². The Balaban J connectivity index is 3.39. The molecule has 1 nitrogen and oxygen atoms in total. The summed E-state index contributed by atoms with van der Waals surface area (Å²) >= 11 is 1.66. The molecular formula is C7H2F2IN. The molecule has 0 aliphatic carbocycles. The quantitative estimate of drug-likeness (QED) is 0.522. The van der Waals surface area contributed by atoms with Gasteiger partial charge in [0.05, 0.1) is 9.13 Å². The monoisotopic (exact) mass is 265 g/mol. The van der Waals surface area contributed by atoms with Crippen LogP contribution in [0, 0.1) is 26.5 Å². The van der Waals surface area contributed by atoms with Gasteiger partial charge >= 0.3 is 0 Å². The van der Waals surface area contributed by atoms with E-state index in [9.17, 15) is 8.78 Å². The molecule has 11 heavy (non-hydrogen) atoms. The standard InChI is InChI=1S/C7H2F2IN/c8-5-1-4(3-11)7(10)6(9)2-5/h1-2H. The van der Waals surface area contributed by atoms with Crippen LogP contribution in [0.25, 0.3) is 0 Å². The molecule has 0 spiro atoms. The van der Waals surface area contributed by atoms with Crippen LogP contribution in [0.5, 0.6) is 0 Å². The molecule has 0 aliphatic rings. The lowest BCUT2D eigenvalue weighted by atomic mass is 10.2. The molecule has 0 unspecified atom stereocenters. The second-order valence-corrected chi connectivity index (χ2v) is 2.94. The van der Waals surface area contributed by atoms with E-state index < -0.39 is 11.6 Å². The third kappa shape index (κ3) is 1.66. The molecule has 56 valence electrons. The molecule has 4 heteroatoms. The van der Waals surface area contributed by atoms with Crippen LogP contribution in [-0.4, -0.2) is 0 Å². The third-order valence-corrected chi connectivity index (χ3v) is 2.21. The number of hydrogen-bond acceptors (Lipinski definition) is 1. The van der Waals surface area contributed by atoms with Crippen molar-refractivity contribution in [3.63, 3.8) is 0 Å². The summed E-state index contributed by atoms with van der Waals surface area (Å²) in [5.41, 5.74) is 0.0306. The van der Waals surface area contributed by atoms with Gasteiger partial charge < -0.3 is 0 Å².